The molecule has 0 spiro atoms. The molecule has 0 aliphatic heterocycles. The van der Waals surface area contributed by atoms with Crippen molar-refractivity contribution >= 4 is 17.8 Å². The first-order valence-electron chi connectivity index (χ1n) is 18.8. The van der Waals surface area contributed by atoms with Gasteiger partial charge in [-0.1, -0.05) is 108 Å². The molecule has 0 aromatic rings. The fourth-order valence-electron chi connectivity index (χ4n) is 5.34. The van der Waals surface area contributed by atoms with Crippen molar-refractivity contribution in [2.75, 3.05) is 6.54 Å². The summed E-state index contributed by atoms with van der Waals surface area (Å²) in [5.74, 6) is -1.34. The van der Waals surface area contributed by atoms with E-state index in [1.54, 1.807) is 0 Å². The van der Waals surface area contributed by atoms with Crippen LogP contribution in [0, 0.1) is 0 Å². The Morgan fingerprint density at radius 3 is 1.74 bits per heavy atom. The van der Waals surface area contributed by atoms with Gasteiger partial charge >= 0.3 is 11.9 Å². The van der Waals surface area contributed by atoms with E-state index in [0.29, 0.717) is 38.6 Å². The molecule has 0 bridgehead atoms. The average Bonchev–Trinajstić information content (AvgIpc) is 3.03. The van der Waals surface area contributed by atoms with Crippen LogP contribution in [0.2, 0.25) is 0 Å². The van der Waals surface area contributed by atoms with Crippen LogP contribution < -0.4 is 11.1 Å². The predicted octanol–water partition coefficient (Wildman–Crippen LogP) is 9.89. The summed E-state index contributed by atoms with van der Waals surface area (Å²) in [7, 11) is 0. The van der Waals surface area contributed by atoms with Gasteiger partial charge in [0.15, 0.2) is 0 Å². The SMILES string of the molecule is CCCCC/C=C\C/C=C\C/C=C\CCCCCCCCC(=O)OC(CCCCC)CCCCCC(=O)NC(CCCN)C(=O)O. The normalized spacial score (nSPS) is 13.1. The number of rotatable bonds is 33. The number of carbonyl (C=O) groups is 3. The lowest BCUT2D eigenvalue weighted by atomic mass is 10.0. The third-order valence-electron chi connectivity index (χ3n) is 8.21. The van der Waals surface area contributed by atoms with E-state index in [-0.39, 0.29) is 18.0 Å². The molecule has 0 aliphatic carbocycles. The molecule has 0 rings (SSSR count). The molecule has 0 aliphatic rings. The lowest BCUT2D eigenvalue weighted by molar-refractivity contribution is -0.150. The van der Waals surface area contributed by atoms with Crippen molar-refractivity contribution in [1.29, 1.82) is 0 Å². The Morgan fingerprint density at radius 1 is 0.630 bits per heavy atom. The lowest BCUT2D eigenvalue weighted by Gasteiger charge is -2.18. The molecule has 1 amide bonds. The third-order valence-corrected chi connectivity index (χ3v) is 8.21. The Balaban J connectivity index is 3.98. The number of carboxylic acid groups (broad SMARTS) is 1. The molecule has 0 heterocycles. The Kier molecular flexibility index (Phi) is 32.2. The molecule has 0 aromatic heterocycles. The van der Waals surface area contributed by atoms with Crippen LogP contribution in [-0.2, 0) is 19.1 Å². The lowest BCUT2D eigenvalue weighted by Crippen LogP contribution is -2.40. The van der Waals surface area contributed by atoms with E-state index in [4.69, 9.17) is 10.5 Å². The maximum absolute atomic E-state index is 12.5. The van der Waals surface area contributed by atoms with Gasteiger partial charge in [0.1, 0.15) is 12.1 Å². The molecular formula is C39H70N2O5. The highest BCUT2D eigenvalue weighted by Gasteiger charge is 2.19. The number of allylic oxidation sites excluding steroid dienone is 6. The van der Waals surface area contributed by atoms with Gasteiger partial charge in [-0.25, -0.2) is 4.79 Å². The van der Waals surface area contributed by atoms with Gasteiger partial charge in [-0.05, 0) is 96.4 Å². The molecule has 0 saturated carbocycles. The van der Waals surface area contributed by atoms with Gasteiger partial charge in [0.05, 0.1) is 0 Å². The molecule has 0 fully saturated rings. The molecule has 0 radical (unpaired) electrons. The van der Waals surface area contributed by atoms with Crippen molar-refractivity contribution in [3.8, 4) is 0 Å². The zero-order valence-electron chi connectivity index (χ0n) is 29.7. The zero-order chi connectivity index (χ0) is 33.9. The topological polar surface area (TPSA) is 119 Å². The first-order valence-corrected chi connectivity index (χ1v) is 18.8. The number of nitrogens with one attached hydrogen (secondary N) is 1. The van der Waals surface area contributed by atoms with Crippen LogP contribution >= 0.6 is 0 Å². The van der Waals surface area contributed by atoms with E-state index < -0.39 is 12.0 Å². The summed E-state index contributed by atoms with van der Waals surface area (Å²) in [6, 6.07) is -0.874. The number of carboxylic acids is 1. The van der Waals surface area contributed by atoms with Gasteiger partial charge in [-0.2, -0.15) is 0 Å². The fourth-order valence-corrected chi connectivity index (χ4v) is 5.34. The highest BCUT2D eigenvalue weighted by Crippen LogP contribution is 2.17. The third kappa shape index (κ3) is 30.3. The van der Waals surface area contributed by atoms with Crippen molar-refractivity contribution in [3.05, 3.63) is 36.5 Å². The zero-order valence-corrected chi connectivity index (χ0v) is 29.7. The van der Waals surface area contributed by atoms with Crippen LogP contribution in [0.5, 0.6) is 0 Å². The number of hydrogen-bond donors (Lipinski definition) is 3. The van der Waals surface area contributed by atoms with Crippen molar-refractivity contribution in [2.24, 2.45) is 5.73 Å². The maximum Gasteiger partial charge on any atom is 0.326 e. The van der Waals surface area contributed by atoms with E-state index in [1.807, 2.05) is 0 Å². The molecule has 7 nitrogen and oxygen atoms in total. The van der Waals surface area contributed by atoms with Crippen molar-refractivity contribution < 1.29 is 24.2 Å². The number of aliphatic carboxylic acids is 1. The van der Waals surface area contributed by atoms with Gasteiger partial charge < -0.3 is 20.9 Å². The average molecular weight is 647 g/mol. The van der Waals surface area contributed by atoms with Crippen molar-refractivity contribution in [2.45, 2.75) is 187 Å². The molecule has 0 aromatic carbocycles. The number of carbonyl (C=O) groups excluding carboxylic acids is 2. The number of nitrogens with two attached hydrogens (primary N) is 1. The minimum atomic E-state index is -1.02. The monoisotopic (exact) mass is 647 g/mol. The smallest absolute Gasteiger partial charge is 0.326 e. The summed E-state index contributed by atoms with van der Waals surface area (Å²) >= 11 is 0. The summed E-state index contributed by atoms with van der Waals surface area (Å²) in [5, 5.41) is 11.9. The maximum atomic E-state index is 12.5. The Morgan fingerprint density at radius 2 is 1.13 bits per heavy atom. The number of unbranched alkanes of at least 4 members (excludes halogenated alkanes) is 13. The summed E-state index contributed by atoms with van der Waals surface area (Å²) in [6.07, 6.45) is 37.9. The van der Waals surface area contributed by atoms with E-state index in [9.17, 15) is 19.5 Å². The van der Waals surface area contributed by atoms with Crippen molar-refractivity contribution in [1.82, 2.24) is 5.32 Å². The molecule has 2 unspecified atom stereocenters. The van der Waals surface area contributed by atoms with E-state index in [1.165, 1.54) is 51.4 Å². The number of ether oxygens (including phenoxy) is 1. The van der Waals surface area contributed by atoms with Crippen LogP contribution in [0.3, 0.4) is 0 Å². The van der Waals surface area contributed by atoms with Gasteiger partial charge in [0.25, 0.3) is 0 Å². The second-order valence-corrected chi connectivity index (χ2v) is 12.6. The largest absolute Gasteiger partial charge is 0.480 e. The highest BCUT2D eigenvalue weighted by molar-refractivity contribution is 5.83. The van der Waals surface area contributed by atoms with Gasteiger partial charge in [0, 0.05) is 12.8 Å². The molecule has 266 valence electrons. The Hall–Kier alpha value is -2.41. The highest BCUT2D eigenvalue weighted by atomic mass is 16.5. The number of esters is 1. The van der Waals surface area contributed by atoms with Crippen LogP contribution in [0.4, 0.5) is 0 Å². The van der Waals surface area contributed by atoms with Crippen LogP contribution in [0.15, 0.2) is 36.5 Å². The predicted molar refractivity (Wildman–Crippen MR) is 193 cm³/mol. The van der Waals surface area contributed by atoms with Gasteiger partial charge in [0.2, 0.25) is 5.91 Å². The Labute approximate surface area is 282 Å². The standard InChI is InChI=1S/C39H70N2O5/c1-3-5-7-8-9-10-11-12-13-14-15-16-17-18-19-20-21-22-27-33-38(43)46-35(29-24-6-4-2)30-25-23-26-32-37(42)41-36(39(44)45)31-28-34-40/h9-10,12-13,15-16,35-36H,3-8,11,14,17-34,40H2,1-2H3,(H,41,42)(H,44,45)/b10-9-,13-12-,16-15-. The summed E-state index contributed by atoms with van der Waals surface area (Å²) in [4.78, 5) is 36.0. The minimum Gasteiger partial charge on any atom is -0.480 e. The summed E-state index contributed by atoms with van der Waals surface area (Å²) < 4.78 is 5.87. The second-order valence-electron chi connectivity index (χ2n) is 12.6. The molecule has 4 N–H and O–H groups in total. The molecular weight excluding hydrogens is 576 g/mol. The summed E-state index contributed by atoms with van der Waals surface area (Å²) in [6.45, 7) is 4.81. The van der Waals surface area contributed by atoms with E-state index >= 15 is 0 Å². The Bertz CT molecular complexity index is 823. The van der Waals surface area contributed by atoms with Crippen LogP contribution in [0.25, 0.3) is 0 Å². The fraction of sp³-hybridized carbons (Fsp3) is 0.769. The number of hydrogen-bond acceptors (Lipinski definition) is 5. The minimum absolute atomic E-state index is 0.0544. The molecule has 2 atom stereocenters. The quantitative estimate of drug-likeness (QED) is 0.0371. The molecule has 46 heavy (non-hydrogen) atoms. The van der Waals surface area contributed by atoms with Crippen LogP contribution in [-0.4, -0.2) is 41.6 Å². The first-order chi connectivity index (χ1) is 22.4. The molecule has 0 saturated heterocycles. The van der Waals surface area contributed by atoms with E-state index in [2.05, 4.69) is 55.6 Å². The van der Waals surface area contributed by atoms with Gasteiger partial charge in [-0.15, -0.1) is 0 Å². The first kappa shape index (κ1) is 43.6. The van der Waals surface area contributed by atoms with Gasteiger partial charge in [-0.3, -0.25) is 9.59 Å². The number of amides is 1. The molecule has 7 heteroatoms. The van der Waals surface area contributed by atoms with E-state index in [0.717, 1.165) is 77.0 Å². The van der Waals surface area contributed by atoms with Crippen LogP contribution in [0.1, 0.15) is 174 Å². The second kappa shape index (κ2) is 33.9. The summed E-state index contributed by atoms with van der Waals surface area (Å²) in [5.41, 5.74) is 5.46. The van der Waals surface area contributed by atoms with Crippen molar-refractivity contribution in [3.63, 3.8) is 0 Å².